The van der Waals surface area contributed by atoms with Crippen LogP contribution in [0.15, 0.2) is 96.7 Å². The van der Waals surface area contributed by atoms with Crippen LogP contribution in [0.25, 0.3) is 6.08 Å². The first-order valence-electron chi connectivity index (χ1n) is 10.3. The lowest BCUT2D eigenvalue weighted by Gasteiger charge is -2.27. The highest BCUT2D eigenvalue weighted by Crippen LogP contribution is 2.33. The number of allylic oxidation sites excluding steroid dienone is 1. The van der Waals surface area contributed by atoms with Gasteiger partial charge in [-0.1, -0.05) is 81.4 Å². The second kappa shape index (κ2) is 8.11. The van der Waals surface area contributed by atoms with Gasteiger partial charge in [-0.3, -0.25) is 10.4 Å². The van der Waals surface area contributed by atoms with E-state index in [9.17, 15) is 5.11 Å². The van der Waals surface area contributed by atoms with E-state index in [0.717, 1.165) is 16.9 Å². The van der Waals surface area contributed by atoms with E-state index >= 15 is 0 Å². The third-order valence-corrected chi connectivity index (χ3v) is 5.37. The molecule has 0 amide bonds. The molecule has 152 valence electrons. The van der Waals surface area contributed by atoms with Crippen molar-refractivity contribution in [3.8, 4) is 5.75 Å². The van der Waals surface area contributed by atoms with E-state index in [4.69, 9.17) is 0 Å². The Balaban J connectivity index is 1.59. The number of hydrazine groups is 1. The number of rotatable bonds is 4. The first kappa shape index (κ1) is 19.8. The molecule has 4 rings (SSSR count). The van der Waals surface area contributed by atoms with E-state index < -0.39 is 0 Å². The molecule has 0 saturated carbocycles. The van der Waals surface area contributed by atoms with Gasteiger partial charge in [-0.05, 0) is 58.5 Å². The molecule has 1 atom stereocenters. The molecular weight excluding hydrogens is 368 g/mol. The van der Waals surface area contributed by atoms with Crippen LogP contribution in [-0.4, -0.2) is 5.11 Å². The zero-order valence-electron chi connectivity index (χ0n) is 17.7. The maximum atomic E-state index is 9.66. The number of benzene rings is 3. The Labute approximate surface area is 179 Å². The summed E-state index contributed by atoms with van der Waals surface area (Å²) in [4.78, 5) is 0. The minimum absolute atomic E-state index is 0.0379. The Morgan fingerprint density at radius 1 is 0.833 bits per heavy atom. The molecule has 0 radical (unpaired) electrons. The zero-order chi connectivity index (χ0) is 21.1. The van der Waals surface area contributed by atoms with E-state index in [0.29, 0.717) is 0 Å². The van der Waals surface area contributed by atoms with Crippen molar-refractivity contribution in [3.05, 3.63) is 113 Å². The molecule has 0 aliphatic carbocycles. The fourth-order valence-corrected chi connectivity index (χ4v) is 3.59. The highest BCUT2D eigenvalue weighted by Gasteiger charge is 2.25. The molecule has 1 heterocycles. The van der Waals surface area contributed by atoms with E-state index in [-0.39, 0.29) is 17.2 Å². The van der Waals surface area contributed by atoms with Crippen LogP contribution < -0.4 is 10.4 Å². The Bertz CT molecular complexity index is 1040. The van der Waals surface area contributed by atoms with Crippen molar-refractivity contribution in [2.24, 2.45) is 0 Å². The van der Waals surface area contributed by atoms with Crippen LogP contribution >= 0.6 is 0 Å². The number of phenolic OH excluding ortho intramolecular Hbond substituents is 1. The first-order chi connectivity index (χ1) is 14.4. The second-order valence-electron chi connectivity index (χ2n) is 8.68. The van der Waals surface area contributed by atoms with Gasteiger partial charge in [0.1, 0.15) is 5.75 Å². The highest BCUT2D eigenvalue weighted by atomic mass is 16.3. The van der Waals surface area contributed by atoms with Crippen LogP contribution in [0.3, 0.4) is 0 Å². The largest absolute Gasteiger partial charge is 0.508 e. The number of hydrogen-bond acceptors (Lipinski definition) is 3. The number of hydrogen-bond donors (Lipinski definition) is 2. The fourth-order valence-electron chi connectivity index (χ4n) is 3.59. The average molecular weight is 397 g/mol. The molecule has 3 nitrogen and oxygen atoms in total. The van der Waals surface area contributed by atoms with E-state index in [2.05, 4.69) is 85.8 Å². The summed E-state index contributed by atoms with van der Waals surface area (Å²) in [6.07, 6.45) is 6.45. The zero-order valence-corrected chi connectivity index (χ0v) is 17.7. The number of nitrogens with one attached hydrogen (secondary N) is 1. The molecule has 0 bridgehead atoms. The van der Waals surface area contributed by atoms with Crippen molar-refractivity contribution in [2.45, 2.75) is 32.2 Å². The quantitative estimate of drug-likeness (QED) is 0.539. The topological polar surface area (TPSA) is 35.5 Å². The molecule has 0 saturated heterocycles. The molecule has 0 aromatic heterocycles. The lowest BCUT2D eigenvalue weighted by Crippen LogP contribution is -2.33. The number of phenols is 1. The molecule has 3 aromatic rings. The average Bonchev–Trinajstić information content (AvgIpc) is 3.17. The van der Waals surface area contributed by atoms with E-state index in [1.807, 2.05) is 30.3 Å². The molecule has 3 heteroatoms. The van der Waals surface area contributed by atoms with Crippen LogP contribution in [0.1, 0.15) is 43.5 Å². The first-order valence-corrected chi connectivity index (χ1v) is 10.3. The second-order valence-corrected chi connectivity index (χ2v) is 8.68. The predicted molar refractivity (Wildman–Crippen MR) is 125 cm³/mol. The maximum Gasteiger partial charge on any atom is 0.115 e. The van der Waals surface area contributed by atoms with Gasteiger partial charge in [0.15, 0.2) is 0 Å². The van der Waals surface area contributed by atoms with Crippen molar-refractivity contribution in [2.75, 3.05) is 5.01 Å². The summed E-state index contributed by atoms with van der Waals surface area (Å²) in [6.45, 7) is 6.69. The summed E-state index contributed by atoms with van der Waals surface area (Å²) in [7, 11) is 0. The van der Waals surface area contributed by atoms with Gasteiger partial charge in [-0.25, -0.2) is 0 Å². The number of anilines is 1. The van der Waals surface area contributed by atoms with Crippen LogP contribution in [0, 0.1) is 0 Å². The van der Waals surface area contributed by atoms with Gasteiger partial charge < -0.3 is 5.11 Å². The maximum absolute atomic E-state index is 9.66. The molecule has 3 aromatic carbocycles. The Morgan fingerprint density at radius 2 is 1.50 bits per heavy atom. The standard InChI is InChI=1S/C27H28N2O/c1-27(2,3)22-14-9-20(10-15-22)11-16-23-19-26(21-12-17-25(30)18-13-21)29(28-23)24-7-5-4-6-8-24/h4-19,26,28,30H,1-3H3. The molecule has 1 aliphatic rings. The van der Waals surface area contributed by atoms with Crippen molar-refractivity contribution in [3.63, 3.8) is 0 Å². The van der Waals surface area contributed by atoms with Gasteiger partial charge in [0.2, 0.25) is 0 Å². The van der Waals surface area contributed by atoms with Crippen LogP contribution in [0.4, 0.5) is 5.69 Å². The Morgan fingerprint density at radius 3 is 2.13 bits per heavy atom. The summed E-state index contributed by atoms with van der Waals surface area (Å²) in [5.74, 6) is 0.277. The summed E-state index contributed by atoms with van der Waals surface area (Å²) in [6, 6.07) is 26.4. The molecule has 1 aliphatic heterocycles. The van der Waals surface area contributed by atoms with Crippen LogP contribution in [0.2, 0.25) is 0 Å². The van der Waals surface area contributed by atoms with Crippen molar-refractivity contribution < 1.29 is 5.11 Å². The van der Waals surface area contributed by atoms with Crippen LogP contribution in [0.5, 0.6) is 5.75 Å². The molecule has 0 fully saturated rings. The van der Waals surface area contributed by atoms with Gasteiger partial charge in [0, 0.05) is 0 Å². The third-order valence-electron chi connectivity index (χ3n) is 5.37. The monoisotopic (exact) mass is 396 g/mol. The van der Waals surface area contributed by atoms with Gasteiger partial charge in [0.25, 0.3) is 0 Å². The summed E-state index contributed by atoms with van der Waals surface area (Å²) in [5.41, 5.74) is 9.42. The van der Waals surface area contributed by atoms with Gasteiger partial charge in [-0.2, -0.15) is 0 Å². The minimum atomic E-state index is 0.0379. The summed E-state index contributed by atoms with van der Waals surface area (Å²) < 4.78 is 0. The summed E-state index contributed by atoms with van der Waals surface area (Å²) in [5, 5.41) is 11.8. The minimum Gasteiger partial charge on any atom is -0.508 e. The lowest BCUT2D eigenvalue weighted by atomic mass is 9.87. The summed E-state index contributed by atoms with van der Waals surface area (Å²) >= 11 is 0. The lowest BCUT2D eigenvalue weighted by molar-refractivity contribution is 0.475. The van der Waals surface area contributed by atoms with Crippen LogP contribution in [-0.2, 0) is 5.41 Å². The predicted octanol–water partition coefficient (Wildman–Crippen LogP) is 6.35. The number of para-hydroxylation sites is 1. The van der Waals surface area contributed by atoms with Crippen molar-refractivity contribution >= 4 is 11.8 Å². The van der Waals surface area contributed by atoms with Gasteiger partial charge in [-0.15, -0.1) is 0 Å². The Kier molecular flexibility index (Phi) is 5.37. The van der Waals surface area contributed by atoms with E-state index in [1.54, 1.807) is 12.1 Å². The molecular formula is C27H28N2O. The molecule has 0 spiro atoms. The fraction of sp³-hybridized carbons (Fsp3) is 0.185. The highest BCUT2D eigenvalue weighted by molar-refractivity contribution is 5.58. The van der Waals surface area contributed by atoms with E-state index in [1.165, 1.54) is 11.1 Å². The van der Waals surface area contributed by atoms with Gasteiger partial charge in [0.05, 0.1) is 17.4 Å². The number of nitrogens with zero attached hydrogens (tertiary/aromatic N) is 1. The van der Waals surface area contributed by atoms with Crippen molar-refractivity contribution in [1.29, 1.82) is 0 Å². The molecule has 30 heavy (non-hydrogen) atoms. The molecule has 2 N–H and O–H groups in total. The smallest absolute Gasteiger partial charge is 0.115 e. The Hall–Kier alpha value is -3.46. The third kappa shape index (κ3) is 4.41. The van der Waals surface area contributed by atoms with Gasteiger partial charge >= 0.3 is 0 Å². The molecule has 1 unspecified atom stereocenters. The SMILES string of the molecule is CC(C)(C)c1ccc(C=CC2=CC(c3ccc(O)cc3)N(c3ccccc3)N2)cc1. The van der Waals surface area contributed by atoms with Crippen molar-refractivity contribution in [1.82, 2.24) is 5.43 Å². The normalized spacial score (nSPS) is 16.6. The number of aromatic hydroxyl groups is 1.